The predicted octanol–water partition coefficient (Wildman–Crippen LogP) is 1.51. The first-order valence-corrected chi connectivity index (χ1v) is 4.41. The Hall–Kier alpha value is -0.0800. The molecule has 1 aliphatic heterocycles. The predicted molar refractivity (Wildman–Crippen MR) is 46.7 cm³/mol. The van der Waals surface area contributed by atoms with Crippen molar-refractivity contribution >= 4 is 0 Å². The summed E-state index contributed by atoms with van der Waals surface area (Å²) in [6.45, 7) is 8.97. The van der Waals surface area contributed by atoms with Gasteiger partial charge in [-0.15, -0.1) is 0 Å². The summed E-state index contributed by atoms with van der Waals surface area (Å²) in [5, 5.41) is 0. The third-order valence-electron chi connectivity index (χ3n) is 2.55. The summed E-state index contributed by atoms with van der Waals surface area (Å²) in [6, 6.07) is 0.660. The van der Waals surface area contributed by atoms with Gasteiger partial charge in [0.1, 0.15) is 0 Å². The second-order valence-electron chi connectivity index (χ2n) is 3.82. The van der Waals surface area contributed by atoms with Crippen LogP contribution in [0.3, 0.4) is 0 Å². The van der Waals surface area contributed by atoms with Crippen LogP contribution >= 0.6 is 0 Å². The number of hydrogen-bond acceptors (Lipinski definition) is 2. The van der Waals surface area contributed by atoms with Gasteiger partial charge in [0.2, 0.25) is 0 Å². The molecule has 0 aromatic heterocycles. The van der Waals surface area contributed by atoms with Crippen molar-refractivity contribution in [2.45, 2.75) is 38.8 Å². The van der Waals surface area contributed by atoms with E-state index in [-0.39, 0.29) is 5.60 Å². The fourth-order valence-corrected chi connectivity index (χ4v) is 1.50. The van der Waals surface area contributed by atoms with Crippen LogP contribution in [0.15, 0.2) is 0 Å². The van der Waals surface area contributed by atoms with Crippen molar-refractivity contribution in [3.8, 4) is 0 Å². The van der Waals surface area contributed by atoms with Crippen LogP contribution in [0, 0.1) is 0 Å². The molecule has 1 saturated heterocycles. The van der Waals surface area contributed by atoms with Crippen LogP contribution in [0.2, 0.25) is 0 Å². The fraction of sp³-hybridized carbons (Fsp3) is 1.00. The van der Waals surface area contributed by atoms with Gasteiger partial charge in [-0.1, -0.05) is 6.92 Å². The van der Waals surface area contributed by atoms with E-state index in [1.165, 1.54) is 19.5 Å². The highest BCUT2D eigenvalue weighted by atomic mass is 16.5. The van der Waals surface area contributed by atoms with E-state index in [0.717, 1.165) is 0 Å². The van der Waals surface area contributed by atoms with Gasteiger partial charge in [-0.25, -0.2) is 0 Å². The Morgan fingerprint density at radius 2 is 2.18 bits per heavy atom. The molecule has 1 fully saturated rings. The van der Waals surface area contributed by atoms with E-state index in [9.17, 15) is 0 Å². The van der Waals surface area contributed by atoms with Gasteiger partial charge in [-0.3, -0.25) is 4.90 Å². The molecular weight excluding hydrogens is 138 g/mol. The lowest BCUT2D eigenvalue weighted by atomic mass is 10.1. The van der Waals surface area contributed by atoms with Crippen LogP contribution < -0.4 is 0 Å². The molecule has 2 nitrogen and oxygen atoms in total. The number of nitrogens with zero attached hydrogens (tertiary/aromatic N) is 1. The van der Waals surface area contributed by atoms with Gasteiger partial charge in [0.15, 0.2) is 0 Å². The maximum atomic E-state index is 5.40. The Bertz CT molecular complexity index is 134. The van der Waals surface area contributed by atoms with Crippen LogP contribution in [0.25, 0.3) is 0 Å². The molecule has 0 N–H and O–H groups in total. The Kier molecular flexibility index (Phi) is 2.55. The summed E-state index contributed by atoms with van der Waals surface area (Å²) in [7, 11) is 1.79. The van der Waals surface area contributed by atoms with Gasteiger partial charge in [-0.2, -0.15) is 0 Å². The van der Waals surface area contributed by atoms with Gasteiger partial charge < -0.3 is 4.74 Å². The third kappa shape index (κ3) is 1.94. The second kappa shape index (κ2) is 3.11. The molecule has 0 radical (unpaired) electrons. The summed E-state index contributed by atoms with van der Waals surface area (Å²) >= 11 is 0. The van der Waals surface area contributed by atoms with Gasteiger partial charge >= 0.3 is 0 Å². The van der Waals surface area contributed by atoms with E-state index in [1.54, 1.807) is 7.11 Å². The van der Waals surface area contributed by atoms with E-state index >= 15 is 0 Å². The molecular formula is C9H19NO. The Morgan fingerprint density at radius 1 is 1.55 bits per heavy atom. The summed E-state index contributed by atoms with van der Waals surface area (Å²) in [6.07, 6.45) is 1.25. The molecule has 11 heavy (non-hydrogen) atoms. The van der Waals surface area contributed by atoms with Crippen molar-refractivity contribution in [1.29, 1.82) is 0 Å². The van der Waals surface area contributed by atoms with Crippen LogP contribution in [0.4, 0.5) is 0 Å². The molecule has 0 amide bonds. The fourth-order valence-electron chi connectivity index (χ4n) is 1.50. The van der Waals surface area contributed by atoms with Crippen molar-refractivity contribution in [2.75, 3.05) is 20.2 Å². The van der Waals surface area contributed by atoms with Crippen LogP contribution in [0.1, 0.15) is 27.2 Å². The highest BCUT2D eigenvalue weighted by molar-refractivity contribution is 5.00. The van der Waals surface area contributed by atoms with Crippen LogP contribution in [-0.2, 0) is 4.74 Å². The molecule has 1 heterocycles. The molecule has 2 unspecified atom stereocenters. The molecule has 2 atom stereocenters. The number of hydrogen-bond donors (Lipinski definition) is 0. The molecule has 0 saturated carbocycles. The van der Waals surface area contributed by atoms with Crippen molar-refractivity contribution in [2.24, 2.45) is 0 Å². The minimum absolute atomic E-state index is 0.0508. The number of rotatable bonds is 4. The lowest BCUT2D eigenvalue weighted by Gasteiger charge is -2.22. The van der Waals surface area contributed by atoms with Crippen LogP contribution in [-0.4, -0.2) is 36.7 Å². The van der Waals surface area contributed by atoms with Gasteiger partial charge in [0.05, 0.1) is 11.6 Å². The first kappa shape index (κ1) is 9.01. The lowest BCUT2D eigenvalue weighted by Crippen LogP contribution is -2.32. The maximum Gasteiger partial charge on any atom is 0.0789 e. The quantitative estimate of drug-likeness (QED) is 0.573. The summed E-state index contributed by atoms with van der Waals surface area (Å²) in [5.74, 6) is 0. The third-order valence-corrected chi connectivity index (χ3v) is 2.55. The first-order chi connectivity index (χ1) is 5.11. The average molecular weight is 157 g/mol. The number of ether oxygens (including phenoxy) is 1. The van der Waals surface area contributed by atoms with E-state index < -0.39 is 0 Å². The van der Waals surface area contributed by atoms with Gasteiger partial charge in [0.25, 0.3) is 0 Å². The van der Waals surface area contributed by atoms with Gasteiger partial charge in [-0.05, 0) is 26.8 Å². The summed E-state index contributed by atoms with van der Waals surface area (Å²) in [5.41, 5.74) is 0.0508. The van der Waals surface area contributed by atoms with E-state index in [0.29, 0.717) is 6.04 Å². The molecule has 2 heteroatoms. The minimum atomic E-state index is 0.0508. The Morgan fingerprint density at radius 3 is 2.64 bits per heavy atom. The highest BCUT2D eigenvalue weighted by Gasteiger charge is 2.45. The topological polar surface area (TPSA) is 12.2 Å². The molecule has 0 bridgehead atoms. The van der Waals surface area contributed by atoms with Crippen molar-refractivity contribution in [3.63, 3.8) is 0 Å². The summed E-state index contributed by atoms with van der Waals surface area (Å²) in [4.78, 5) is 2.46. The average Bonchev–Trinajstić information content (AvgIpc) is 2.69. The Balaban J connectivity index is 2.30. The molecule has 0 aromatic rings. The van der Waals surface area contributed by atoms with Crippen molar-refractivity contribution in [3.05, 3.63) is 0 Å². The molecule has 0 spiro atoms. The Labute approximate surface area is 69.5 Å². The highest BCUT2D eigenvalue weighted by Crippen LogP contribution is 2.30. The first-order valence-electron chi connectivity index (χ1n) is 4.41. The zero-order chi connectivity index (χ0) is 8.48. The lowest BCUT2D eigenvalue weighted by molar-refractivity contribution is 0.0114. The smallest absolute Gasteiger partial charge is 0.0789 e. The zero-order valence-electron chi connectivity index (χ0n) is 8.05. The van der Waals surface area contributed by atoms with Crippen molar-refractivity contribution < 1.29 is 4.74 Å². The van der Waals surface area contributed by atoms with E-state index in [2.05, 4.69) is 25.7 Å². The van der Waals surface area contributed by atoms with E-state index in [1.807, 2.05) is 0 Å². The minimum Gasteiger partial charge on any atom is -0.377 e. The van der Waals surface area contributed by atoms with E-state index in [4.69, 9.17) is 4.74 Å². The normalized spacial score (nSPS) is 30.5. The van der Waals surface area contributed by atoms with Gasteiger partial charge in [0, 0.05) is 13.7 Å². The standard InChI is InChI=1S/C9H19NO/c1-5-6-10-7-8(10)9(2,3)11-4/h8H,5-7H2,1-4H3. The molecule has 1 rings (SSSR count). The van der Waals surface area contributed by atoms with Crippen molar-refractivity contribution in [1.82, 2.24) is 4.90 Å². The molecule has 66 valence electrons. The second-order valence-corrected chi connectivity index (χ2v) is 3.82. The molecule has 0 aliphatic carbocycles. The maximum absolute atomic E-state index is 5.40. The zero-order valence-corrected chi connectivity index (χ0v) is 8.05. The SMILES string of the molecule is CCCN1CC1C(C)(C)OC. The molecule has 1 aliphatic rings. The summed E-state index contributed by atoms with van der Waals surface area (Å²) < 4.78 is 5.40. The van der Waals surface area contributed by atoms with Crippen LogP contribution in [0.5, 0.6) is 0 Å². The number of methoxy groups -OCH3 is 1. The largest absolute Gasteiger partial charge is 0.377 e. The monoisotopic (exact) mass is 157 g/mol. The molecule has 0 aromatic carbocycles.